The lowest BCUT2D eigenvalue weighted by molar-refractivity contribution is 1.56. The summed E-state index contributed by atoms with van der Waals surface area (Å²) >= 11 is 1.85. The van der Waals surface area contributed by atoms with E-state index in [0.29, 0.717) is 0 Å². The highest BCUT2D eigenvalue weighted by Crippen LogP contribution is 2.39. The highest BCUT2D eigenvalue weighted by atomic mass is 32.1. The van der Waals surface area contributed by atoms with Crippen molar-refractivity contribution in [1.29, 1.82) is 0 Å². The number of thiophene rings is 1. The summed E-state index contributed by atoms with van der Waals surface area (Å²) in [6, 6.07) is 43.1. The molecule has 0 saturated heterocycles. The second-order valence-corrected chi connectivity index (χ2v) is 8.99. The van der Waals surface area contributed by atoms with Gasteiger partial charge in [-0.3, -0.25) is 0 Å². The molecule has 1 nitrogen and oxygen atoms in total. The lowest BCUT2D eigenvalue weighted by Crippen LogP contribution is -1.91. The summed E-state index contributed by atoms with van der Waals surface area (Å²) in [7, 11) is 0. The maximum Gasteiger partial charge on any atom is 0.0590 e. The Bertz CT molecular complexity index is 1550. The van der Waals surface area contributed by atoms with Crippen LogP contribution in [0.2, 0.25) is 0 Å². The predicted octanol–water partition coefficient (Wildman–Crippen LogP) is 9.13. The third-order valence-corrected chi connectivity index (χ3v) is 7.07. The van der Waals surface area contributed by atoms with Gasteiger partial charge in [-0.05, 0) is 52.6 Å². The van der Waals surface area contributed by atoms with Gasteiger partial charge in [0.25, 0.3) is 0 Å². The molecule has 1 N–H and O–H groups in total. The van der Waals surface area contributed by atoms with Crippen LogP contribution in [0.5, 0.6) is 0 Å². The average Bonchev–Trinajstić information content (AvgIpc) is 3.25. The fourth-order valence-corrected chi connectivity index (χ4v) is 5.46. The van der Waals surface area contributed by atoms with Gasteiger partial charge in [0.1, 0.15) is 0 Å². The zero-order valence-corrected chi connectivity index (χ0v) is 18.3. The largest absolute Gasteiger partial charge is 0.354 e. The van der Waals surface area contributed by atoms with Gasteiger partial charge in [-0.1, -0.05) is 91.0 Å². The SMILES string of the molecule is c1ccc(-c2cccc(-c3cccc(Nc4cccc5c4sc4ccccc45)c3)c2)cc1. The molecule has 0 amide bonds. The summed E-state index contributed by atoms with van der Waals surface area (Å²) in [4.78, 5) is 0. The van der Waals surface area contributed by atoms with E-state index in [-0.39, 0.29) is 0 Å². The molecule has 2 heteroatoms. The maximum atomic E-state index is 3.67. The minimum Gasteiger partial charge on any atom is -0.354 e. The van der Waals surface area contributed by atoms with E-state index in [1.807, 2.05) is 11.3 Å². The Kier molecular flexibility index (Phi) is 4.71. The van der Waals surface area contributed by atoms with Crippen LogP contribution in [0.3, 0.4) is 0 Å². The molecule has 1 heterocycles. The van der Waals surface area contributed by atoms with Crippen LogP contribution in [0.1, 0.15) is 0 Å². The summed E-state index contributed by atoms with van der Waals surface area (Å²) in [5.74, 6) is 0. The van der Waals surface area contributed by atoms with Crippen LogP contribution in [0.25, 0.3) is 42.4 Å². The van der Waals surface area contributed by atoms with E-state index in [1.165, 1.54) is 42.4 Å². The normalized spacial score (nSPS) is 11.1. The molecule has 0 atom stereocenters. The van der Waals surface area contributed by atoms with Crippen molar-refractivity contribution in [3.8, 4) is 22.3 Å². The van der Waals surface area contributed by atoms with Gasteiger partial charge < -0.3 is 5.32 Å². The summed E-state index contributed by atoms with van der Waals surface area (Å²) in [5.41, 5.74) is 7.14. The number of hydrogen-bond acceptors (Lipinski definition) is 2. The first kappa shape index (κ1) is 18.9. The molecule has 6 aromatic rings. The first-order valence-electron chi connectivity index (χ1n) is 10.8. The second-order valence-electron chi connectivity index (χ2n) is 7.93. The molecule has 0 saturated carbocycles. The van der Waals surface area contributed by atoms with Gasteiger partial charge >= 0.3 is 0 Å². The first-order valence-corrected chi connectivity index (χ1v) is 11.6. The smallest absolute Gasteiger partial charge is 0.0590 e. The maximum absolute atomic E-state index is 3.67. The highest BCUT2D eigenvalue weighted by molar-refractivity contribution is 7.26. The van der Waals surface area contributed by atoms with E-state index >= 15 is 0 Å². The number of rotatable bonds is 4. The van der Waals surface area contributed by atoms with Crippen LogP contribution in [-0.4, -0.2) is 0 Å². The van der Waals surface area contributed by atoms with Crippen molar-refractivity contribution in [2.75, 3.05) is 5.32 Å². The molecule has 0 aliphatic heterocycles. The van der Waals surface area contributed by atoms with Crippen molar-refractivity contribution in [3.63, 3.8) is 0 Å². The molecule has 0 aliphatic rings. The molecule has 0 aliphatic carbocycles. The van der Waals surface area contributed by atoms with Gasteiger partial charge in [0, 0.05) is 21.2 Å². The predicted molar refractivity (Wildman–Crippen MR) is 140 cm³/mol. The standard InChI is InChI=1S/C30H21NS/c1-2-9-21(10-3-1)22-11-6-12-23(19-22)24-13-7-14-25(20-24)31-28-17-8-16-27-26-15-4-5-18-29(26)32-30(27)28/h1-20,31H. The van der Waals surface area contributed by atoms with Gasteiger partial charge in [-0.2, -0.15) is 0 Å². The topological polar surface area (TPSA) is 12.0 Å². The van der Waals surface area contributed by atoms with Crippen LogP contribution < -0.4 is 5.32 Å². The van der Waals surface area contributed by atoms with Gasteiger partial charge in [-0.15, -0.1) is 11.3 Å². The Morgan fingerprint density at radius 1 is 0.469 bits per heavy atom. The van der Waals surface area contributed by atoms with Gasteiger partial charge in [0.2, 0.25) is 0 Å². The molecule has 32 heavy (non-hydrogen) atoms. The molecule has 0 radical (unpaired) electrons. The molecule has 0 bridgehead atoms. The monoisotopic (exact) mass is 427 g/mol. The summed E-state index contributed by atoms with van der Waals surface area (Å²) < 4.78 is 2.62. The number of benzene rings is 5. The van der Waals surface area contributed by atoms with Crippen molar-refractivity contribution < 1.29 is 0 Å². The zero-order valence-electron chi connectivity index (χ0n) is 17.5. The Morgan fingerprint density at radius 3 is 1.97 bits per heavy atom. The van der Waals surface area contributed by atoms with Crippen molar-refractivity contribution in [2.24, 2.45) is 0 Å². The van der Waals surface area contributed by atoms with Crippen molar-refractivity contribution in [2.45, 2.75) is 0 Å². The Morgan fingerprint density at radius 2 is 1.09 bits per heavy atom. The lowest BCUT2D eigenvalue weighted by Gasteiger charge is -2.11. The molecule has 6 rings (SSSR count). The summed E-state index contributed by atoms with van der Waals surface area (Å²) in [5, 5.41) is 6.30. The minimum absolute atomic E-state index is 1.09. The van der Waals surface area contributed by atoms with E-state index in [4.69, 9.17) is 0 Å². The van der Waals surface area contributed by atoms with Crippen molar-refractivity contribution in [1.82, 2.24) is 0 Å². The minimum atomic E-state index is 1.09. The van der Waals surface area contributed by atoms with Crippen LogP contribution in [0, 0.1) is 0 Å². The quantitative estimate of drug-likeness (QED) is 0.296. The van der Waals surface area contributed by atoms with Crippen LogP contribution in [0.4, 0.5) is 11.4 Å². The number of anilines is 2. The highest BCUT2D eigenvalue weighted by Gasteiger charge is 2.09. The average molecular weight is 428 g/mol. The van der Waals surface area contributed by atoms with E-state index < -0.39 is 0 Å². The third kappa shape index (κ3) is 3.45. The van der Waals surface area contributed by atoms with Crippen molar-refractivity contribution >= 4 is 42.9 Å². The van der Waals surface area contributed by atoms with E-state index in [2.05, 4.69) is 127 Å². The van der Waals surface area contributed by atoms with E-state index in [9.17, 15) is 0 Å². The van der Waals surface area contributed by atoms with Crippen LogP contribution in [0.15, 0.2) is 121 Å². The third-order valence-electron chi connectivity index (χ3n) is 5.85. The zero-order chi connectivity index (χ0) is 21.3. The number of hydrogen-bond donors (Lipinski definition) is 1. The van der Waals surface area contributed by atoms with Gasteiger partial charge in [-0.25, -0.2) is 0 Å². The van der Waals surface area contributed by atoms with Crippen molar-refractivity contribution in [3.05, 3.63) is 121 Å². The fourth-order valence-electron chi connectivity index (χ4n) is 4.29. The molecular weight excluding hydrogens is 406 g/mol. The molecule has 0 unspecified atom stereocenters. The fraction of sp³-hybridized carbons (Fsp3) is 0. The van der Waals surface area contributed by atoms with Gasteiger partial charge in [0.15, 0.2) is 0 Å². The molecule has 1 aromatic heterocycles. The summed E-state index contributed by atoms with van der Waals surface area (Å²) in [6.07, 6.45) is 0. The van der Waals surface area contributed by atoms with E-state index in [1.54, 1.807) is 0 Å². The molecule has 0 fully saturated rings. The summed E-state index contributed by atoms with van der Waals surface area (Å²) in [6.45, 7) is 0. The second kappa shape index (κ2) is 7.99. The lowest BCUT2D eigenvalue weighted by atomic mass is 9.99. The number of nitrogens with one attached hydrogen (secondary N) is 1. The molecule has 0 spiro atoms. The Balaban J connectivity index is 1.37. The molecule has 5 aromatic carbocycles. The molecule has 152 valence electrons. The van der Waals surface area contributed by atoms with Crippen LogP contribution in [-0.2, 0) is 0 Å². The molecular formula is C30H21NS. The number of fused-ring (bicyclic) bond motifs is 3. The Labute approximate surface area is 191 Å². The first-order chi connectivity index (χ1) is 15.8. The van der Waals surface area contributed by atoms with Crippen LogP contribution >= 0.6 is 11.3 Å². The van der Waals surface area contributed by atoms with Gasteiger partial charge in [0.05, 0.1) is 10.4 Å². The van der Waals surface area contributed by atoms with E-state index in [0.717, 1.165) is 11.4 Å². The Hall–Kier alpha value is -3.88.